The molecule has 3 heterocycles. The van der Waals surface area contributed by atoms with Crippen LogP contribution in [0.2, 0.25) is 5.02 Å². The van der Waals surface area contributed by atoms with Crippen molar-refractivity contribution in [3.8, 4) is 22.6 Å². The highest BCUT2D eigenvalue weighted by Crippen LogP contribution is 2.34. The normalized spacial score (nSPS) is 11.0. The monoisotopic (exact) mass is 609 g/mol. The van der Waals surface area contributed by atoms with E-state index in [1.807, 2.05) is 34.9 Å². The number of aromatic nitrogens is 3. The third kappa shape index (κ3) is 5.70. The molecule has 0 saturated carbocycles. The number of hydrogen-bond donors (Lipinski definition) is 2. The molecule has 0 fully saturated rings. The molecular weight excluding hydrogens is 588 g/mol. The number of anilines is 2. The molecule has 0 aliphatic carbocycles. The summed E-state index contributed by atoms with van der Waals surface area (Å²) in [6, 6.07) is 22.6. The first-order valence-corrected chi connectivity index (χ1v) is 13.7. The van der Waals surface area contributed by atoms with Gasteiger partial charge in [0, 0.05) is 48.5 Å². The highest BCUT2D eigenvalue weighted by Gasteiger charge is 2.18. The number of halogens is 3. The largest absolute Gasteiger partial charge is 0.453 e. The first-order chi connectivity index (χ1) is 21.3. The number of carbonyl (C=O) groups excluding carboxylic acids is 1. The molecule has 1 amide bonds. The molecule has 6 rings (SSSR count). The molecule has 6 aromatic rings. The molecule has 3 aromatic carbocycles. The first kappa shape index (κ1) is 28.5. The Labute approximate surface area is 254 Å². The number of carbonyl (C=O) groups is 1. The second-order valence-corrected chi connectivity index (χ2v) is 10.1. The number of hydrogen-bond acceptors (Lipinski definition) is 6. The number of rotatable bonds is 8. The molecule has 3 N–H and O–H groups in total. The molecule has 44 heavy (non-hydrogen) atoms. The Balaban J connectivity index is 1.40. The molecule has 0 spiro atoms. The van der Waals surface area contributed by atoms with E-state index in [9.17, 15) is 14.0 Å². The number of nitrogens with zero attached hydrogens (tertiary/aromatic N) is 3. The van der Waals surface area contributed by atoms with Gasteiger partial charge in [0.2, 0.25) is 5.43 Å². The molecule has 218 valence electrons. The Morgan fingerprint density at radius 3 is 2.41 bits per heavy atom. The van der Waals surface area contributed by atoms with Crippen LogP contribution in [0.15, 0.2) is 108 Å². The van der Waals surface area contributed by atoms with Crippen LogP contribution in [-0.2, 0) is 6.54 Å². The molecule has 11 heteroatoms. The zero-order valence-electron chi connectivity index (χ0n) is 22.8. The van der Waals surface area contributed by atoms with Crippen molar-refractivity contribution in [2.45, 2.75) is 6.54 Å². The fourth-order valence-electron chi connectivity index (χ4n) is 4.77. The van der Waals surface area contributed by atoms with Gasteiger partial charge in [0.15, 0.2) is 11.6 Å². The van der Waals surface area contributed by atoms with Crippen molar-refractivity contribution in [1.29, 1.82) is 0 Å². The number of amides is 1. The second-order valence-electron chi connectivity index (χ2n) is 9.75. The van der Waals surface area contributed by atoms with E-state index in [1.165, 1.54) is 42.6 Å². The Hall–Kier alpha value is -5.61. The van der Waals surface area contributed by atoms with Crippen LogP contribution in [0.25, 0.3) is 22.0 Å². The van der Waals surface area contributed by atoms with Crippen LogP contribution in [0.4, 0.5) is 20.3 Å². The van der Waals surface area contributed by atoms with Crippen LogP contribution in [-0.4, -0.2) is 20.4 Å². The minimum atomic E-state index is -0.853. The van der Waals surface area contributed by atoms with E-state index in [1.54, 1.807) is 30.6 Å². The van der Waals surface area contributed by atoms with Gasteiger partial charge in [0.05, 0.1) is 10.9 Å². The summed E-state index contributed by atoms with van der Waals surface area (Å²) in [5, 5.41) is 3.18. The van der Waals surface area contributed by atoms with Gasteiger partial charge in [-0.2, -0.15) is 0 Å². The van der Waals surface area contributed by atoms with Crippen molar-refractivity contribution in [2.24, 2.45) is 5.73 Å². The molecule has 8 nitrogen and oxygen atoms in total. The van der Waals surface area contributed by atoms with Crippen molar-refractivity contribution in [3.63, 3.8) is 0 Å². The smallest absolute Gasteiger partial charge is 0.268 e. The maximum absolute atomic E-state index is 15.2. The predicted molar refractivity (Wildman–Crippen MR) is 164 cm³/mol. The lowest BCUT2D eigenvalue weighted by molar-refractivity contribution is 0.0995. The number of nitrogens with one attached hydrogen (secondary N) is 1. The Bertz CT molecular complexity index is 2090. The fourth-order valence-corrected chi connectivity index (χ4v) is 5.01. The highest BCUT2D eigenvalue weighted by molar-refractivity contribution is 6.34. The third-order valence-electron chi connectivity index (χ3n) is 6.85. The highest BCUT2D eigenvalue weighted by atomic mass is 35.5. The van der Waals surface area contributed by atoms with Crippen molar-refractivity contribution >= 4 is 39.9 Å². The van der Waals surface area contributed by atoms with E-state index in [2.05, 4.69) is 15.3 Å². The van der Waals surface area contributed by atoms with E-state index in [4.69, 9.17) is 22.1 Å². The fraction of sp³-hybridized carbons (Fsp3) is 0.0303. The zero-order chi connectivity index (χ0) is 30.8. The number of pyridine rings is 3. The lowest BCUT2D eigenvalue weighted by Crippen LogP contribution is -2.15. The summed E-state index contributed by atoms with van der Waals surface area (Å²) in [7, 11) is 0. The van der Waals surface area contributed by atoms with E-state index in [0.717, 1.165) is 5.56 Å². The van der Waals surface area contributed by atoms with Gasteiger partial charge in [-0.1, -0.05) is 54.1 Å². The molecule has 0 atom stereocenters. The predicted octanol–water partition coefficient (Wildman–Crippen LogP) is 7.07. The molecule has 0 aliphatic heterocycles. The maximum atomic E-state index is 15.2. The summed E-state index contributed by atoms with van der Waals surface area (Å²) in [6.07, 6.45) is 4.57. The van der Waals surface area contributed by atoms with Crippen molar-refractivity contribution < 1.29 is 18.3 Å². The average Bonchev–Trinajstić information content (AvgIpc) is 3.01. The van der Waals surface area contributed by atoms with Crippen molar-refractivity contribution in [3.05, 3.63) is 142 Å². The van der Waals surface area contributed by atoms with Gasteiger partial charge in [-0.25, -0.2) is 18.7 Å². The third-order valence-corrected chi connectivity index (χ3v) is 7.21. The Kier molecular flexibility index (Phi) is 7.74. The Morgan fingerprint density at radius 2 is 1.68 bits per heavy atom. The molecule has 3 aromatic heterocycles. The van der Waals surface area contributed by atoms with Gasteiger partial charge >= 0.3 is 0 Å². The number of nitrogens with two attached hydrogens (primary N) is 1. The van der Waals surface area contributed by atoms with Crippen molar-refractivity contribution in [1.82, 2.24) is 14.5 Å². The van der Waals surface area contributed by atoms with E-state index < -0.39 is 17.5 Å². The Morgan fingerprint density at radius 1 is 0.932 bits per heavy atom. The number of ether oxygens (including phenoxy) is 1. The zero-order valence-corrected chi connectivity index (χ0v) is 23.6. The summed E-state index contributed by atoms with van der Waals surface area (Å²) < 4.78 is 36.4. The molecular formula is C33H22ClF2N5O3. The molecule has 0 aliphatic rings. The van der Waals surface area contributed by atoms with Crippen LogP contribution in [0, 0.1) is 11.6 Å². The SMILES string of the molecule is NC(=O)c1nccc(Oc2ccc(Nc3nccc4c3c(=O)c(-c3ccc(F)cc3)cn4Cc3ccccc3)cc2F)c1Cl. The quantitative estimate of drug-likeness (QED) is 0.191. The summed E-state index contributed by atoms with van der Waals surface area (Å²) in [6.45, 7) is 0.449. The molecule has 0 radical (unpaired) electrons. The minimum absolute atomic E-state index is 0.00177. The van der Waals surface area contributed by atoms with Gasteiger partial charge in [-0.3, -0.25) is 9.59 Å². The van der Waals surface area contributed by atoms with Gasteiger partial charge in [-0.15, -0.1) is 0 Å². The lowest BCUT2D eigenvalue weighted by Gasteiger charge is -2.17. The van der Waals surface area contributed by atoms with Gasteiger partial charge < -0.3 is 20.4 Å². The first-order valence-electron chi connectivity index (χ1n) is 13.3. The molecule has 0 bridgehead atoms. The summed E-state index contributed by atoms with van der Waals surface area (Å²) in [5.41, 5.74) is 7.52. The average molecular weight is 610 g/mol. The summed E-state index contributed by atoms with van der Waals surface area (Å²) in [5.74, 6) is -2.00. The molecule has 0 saturated heterocycles. The van der Waals surface area contributed by atoms with Gasteiger partial charge in [0.25, 0.3) is 5.91 Å². The standard InChI is InChI=1S/C33H22ClF2N5O3/c34-29-27(13-15-38-30(29)32(37)43)44-26-11-10-22(16-24(26)36)40-33-28-25(12-14-39-33)41(17-19-4-2-1-3-5-19)18-23(31(28)42)20-6-8-21(35)9-7-20/h1-16,18H,17H2,(H2,37,43)(H,39,40). The summed E-state index contributed by atoms with van der Waals surface area (Å²) >= 11 is 6.16. The second kappa shape index (κ2) is 11.9. The minimum Gasteiger partial charge on any atom is -0.453 e. The van der Waals surface area contributed by atoms with Crippen LogP contribution < -0.4 is 21.2 Å². The van der Waals surface area contributed by atoms with Crippen molar-refractivity contribution in [2.75, 3.05) is 5.32 Å². The van der Waals surface area contributed by atoms with Crippen LogP contribution in [0.1, 0.15) is 16.1 Å². The number of primary amides is 1. The van der Waals surface area contributed by atoms with E-state index >= 15 is 4.39 Å². The molecule has 0 unspecified atom stereocenters. The number of benzene rings is 3. The van der Waals surface area contributed by atoms with E-state index in [0.29, 0.717) is 23.2 Å². The number of fused-ring (bicyclic) bond motifs is 1. The van der Waals surface area contributed by atoms with Crippen LogP contribution in [0.5, 0.6) is 11.5 Å². The topological polar surface area (TPSA) is 112 Å². The van der Waals surface area contributed by atoms with Crippen LogP contribution >= 0.6 is 11.6 Å². The van der Waals surface area contributed by atoms with Gasteiger partial charge in [-0.05, 0) is 41.5 Å². The van der Waals surface area contributed by atoms with E-state index in [-0.39, 0.29) is 44.5 Å². The lowest BCUT2D eigenvalue weighted by atomic mass is 10.0. The summed E-state index contributed by atoms with van der Waals surface area (Å²) in [4.78, 5) is 33.7. The maximum Gasteiger partial charge on any atom is 0.268 e. The van der Waals surface area contributed by atoms with Gasteiger partial charge in [0.1, 0.15) is 28.1 Å². The van der Waals surface area contributed by atoms with Crippen LogP contribution in [0.3, 0.4) is 0 Å².